The van der Waals surface area contributed by atoms with E-state index in [4.69, 9.17) is 18.9 Å². The van der Waals surface area contributed by atoms with Crippen molar-refractivity contribution in [3.8, 4) is 0 Å². The van der Waals surface area contributed by atoms with Gasteiger partial charge in [-0.3, -0.25) is 19.2 Å². The molecular weight excluding hydrogens is 660 g/mol. The zero-order valence-corrected chi connectivity index (χ0v) is 29.2. The van der Waals surface area contributed by atoms with E-state index in [0.717, 1.165) is 49.5 Å². The van der Waals surface area contributed by atoms with Crippen molar-refractivity contribution in [1.29, 1.82) is 0 Å². The molecule has 4 saturated carbocycles. The molecule has 9 nitrogen and oxygen atoms in total. The Morgan fingerprint density at radius 3 is 1.46 bits per heavy atom. The lowest BCUT2D eigenvalue weighted by Gasteiger charge is -2.32. The number of cyclic esters (lactones) is 2. The first-order valence-electron chi connectivity index (χ1n) is 18.0. The van der Waals surface area contributed by atoms with Gasteiger partial charge in [0, 0.05) is 5.92 Å². The molecule has 4 aliphatic carbocycles. The Morgan fingerprint density at radius 1 is 0.615 bits per heavy atom. The van der Waals surface area contributed by atoms with Crippen LogP contribution in [0.5, 0.6) is 0 Å². The van der Waals surface area contributed by atoms with Crippen LogP contribution in [0.1, 0.15) is 139 Å². The highest BCUT2D eigenvalue weighted by Gasteiger charge is 2.61. The third-order valence-corrected chi connectivity index (χ3v) is 13.6. The molecule has 4 aliphatic heterocycles. The number of carbonyl (C=O) groups excluding carboxylic acids is 4. The quantitative estimate of drug-likeness (QED) is 0.159. The van der Waals surface area contributed by atoms with Gasteiger partial charge in [0.25, 0.3) is 0 Å². The minimum Gasteiger partial charge on any atom is -0.460 e. The summed E-state index contributed by atoms with van der Waals surface area (Å²) >= 11 is 0. The monoisotopic (exact) mass is 741 g/mol. The van der Waals surface area contributed by atoms with Crippen molar-refractivity contribution in [3.63, 3.8) is 0 Å². The van der Waals surface area contributed by atoms with Crippen LogP contribution < -0.4 is 0 Å². The summed E-state index contributed by atoms with van der Waals surface area (Å²) in [6, 6.07) is 0. The molecule has 0 aromatic carbocycles. The van der Waals surface area contributed by atoms with Crippen LogP contribution in [0.3, 0.4) is 0 Å². The first-order valence-corrected chi connectivity index (χ1v) is 18.0. The number of esters is 4. The molecule has 0 aromatic rings. The van der Waals surface area contributed by atoms with Crippen molar-refractivity contribution in [3.05, 3.63) is 0 Å². The van der Waals surface area contributed by atoms with E-state index in [0.29, 0.717) is 29.6 Å². The molecule has 8 aliphatic rings. The summed E-state index contributed by atoms with van der Waals surface area (Å²) in [4.78, 5) is 45.8. The van der Waals surface area contributed by atoms with Gasteiger partial charge in [-0.2, -0.15) is 0 Å². The average Bonchev–Trinajstić information content (AvgIpc) is 3.84. The summed E-state index contributed by atoms with van der Waals surface area (Å²) in [6.07, 6.45) is 5.70. The molecule has 8 fully saturated rings. The van der Waals surface area contributed by atoms with E-state index < -0.39 is 11.9 Å². The minimum atomic E-state index is -0.396. The number of hydrogen-bond acceptors (Lipinski definition) is 9. The van der Waals surface area contributed by atoms with Crippen LogP contribution in [-0.2, 0) is 42.9 Å². The number of rotatable bonds is 3. The van der Waals surface area contributed by atoms with Crippen molar-refractivity contribution in [2.45, 2.75) is 169 Å². The molecule has 4 heterocycles. The summed E-state index contributed by atoms with van der Waals surface area (Å²) in [5, 5.41) is 0. The van der Waals surface area contributed by atoms with E-state index in [1.807, 2.05) is 20.8 Å². The maximum Gasteiger partial charge on any atom is 0.317 e. The topological polar surface area (TPSA) is 114 Å². The van der Waals surface area contributed by atoms with Gasteiger partial charge >= 0.3 is 23.9 Å². The standard InChI is InChI=1S/C17H24O4.C14H24O2.C6H8O3.6CH4/c1-7-8(2)11-3-9(7)4-12(11)17(18)21-15-13-5-10-6-19-16(15)14(10)20-13;1-8-9(2)11-6-10(8)7-12(11)13(15)16-14(3,4)5;1-3-4(2)6(8)9-5(3)7;;;;;;/h7-16H,3-6H2,1-2H3;8-12H,6-7H2,1-5H3;3-4H,1-2H3;6*1H4. The summed E-state index contributed by atoms with van der Waals surface area (Å²) in [7, 11) is 0. The van der Waals surface area contributed by atoms with Crippen LogP contribution >= 0.6 is 0 Å². The molecule has 0 aromatic heterocycles. The fraction of sp³-hybridized carbons (Fsp3) is 0.907. The molecule has 0 spiro atoms. The fourth-order valence-electron chi connectivity index (χ4n) is 10.2. The van der Waals surface area contributed by atoms with Crippen LogP contribution in [0.4, 0.5) is 0 Å². The van der Waals surface area contributed by atoms with Gasteiger partial charge < -0.3 is 23.7 Å². The Kier molecular flexibility index (Phi) is 17.8. The van der Waals surface area contributed by atoms with Gasteiger partial charge in [0.2, 0.25) is 0 Å². The molecule has 17 atom stereocenters. The summed E-state index contributed by atoms with van der Waals surface area (Å²) < 4.78 is 27.5. The van der Waals surface area contributed by atoms with Crippen molar-refractivity contribution < 1.29 is 42.9 Å². The zero-order chi connectivity index (χ0) is 33.4. The molecule has 4 saturated heterocycles. The Labute approximate surface area is 318 Å². The number of hydrogen-bond donors (Lipinski definition) is 0. The summed E-state index contributed by atoms with van der Waals surface area (Å²) in [5.74, 6) is 5.12. The molecule has 0 radical (unpaired) electrons. The number of ether oxygens (including phenoxy) is 5. The fourth-order valence-corrected chi connectivity index (χ4v) is 10.2. The molecule has 306 valence electrons. The van der Waals surface area contributed by atoms with Crippen molar-refractivity contribution in [2.24, 2.45) is 76.9 Å². The predicted molar refractivity (Wildman–Crippen MR) is 208 cm³/mol. The van der Waals surface area contributed by atoms with Gasteiger partial charge in [-0.15, -0.1) is 0 Å². The Hall–Kier alpha value is -2.00. The van der Waals surface area contributed by atoms with Crippen molar-refractivity contribution in [2.75, 3.05) is 6.61 Å². The molecule has 0 N–H and O–H groups in total. The highest BCUT2D eigenvalue weighted by Crippen LogP contribution is 2.57. The van der Waals surface area contributed by atoms with Gasteiger partial charge in [-0.25, -0.2) is 0 Å². The molecule has 8 rings (SSSR count). The van der Waals surface area contributed by atoms with Gasteiger partial charge in [0.15, 0.2) is 6.10 Å². The van der Waals surface area contributed by atoms with Gasteiger partial charge in [-0.1, -0.05) is 86.1 Å². The largest absolute Gasteiger partial charge is 0.460 e. The van der Waals surface area contributed by atoms with E-state index in [9.17, 15) is 19.2 Å². The molecule has 17 unspecified atom stereocenters. The molecular formula is C43H80O9. The second kappa shape index (κ2) is 18.6. The summed E-state index contributed by atoms with van der Waals surface area (Å²) in [6.45, 7) is 19.3. The molecule has 52 heavy (non-hydrogen) atoms. The van der Waals surface area contributed by atoms with Crippen LogP contribution in [0.15, 0.2) is 0 Å². The molecule has 6 bridgehead atoms. The van der Waals surface area contributed by atoms with Crippen LogP contribution in [0.2, 0.25) is 0 Å². The Morgan fingerprint density at radius 2 is 1.08 bits per heavy atom. The van der Waals surface area contributed by atoms with Crippen LogP contribution in [0.25, 0.3) is 0 Å². The highest BCUT2D eigenvalue weighted by molar-refractivity contribution is 5.95. The lowest BCUT2D eigenvalue weighted by atomic mass is 9.76. The molecule has 0 amide bonds. The first kappa shape index (κ1) is 50.0. The van der Waals surface area contributed by atoms with E-state index in [2.05, 4.69) is 32.4 Å². The third-order valence-electron chi connectivity index (χ3n) is 13.6. The van der Waals surface area contributed by atoms with E-state index in [1.54, 1.807) is 13.8 Å². The SMILES string of the molecule is C.C.C.C.C.C.CC1C(=O)OC(=O)C1C.CC1C2CC(C(=O)OC(C)(C)C)C(C2)C1C.CC1C2CC(C(=O)OC3C4CC5COC3C5O4)C(C2)C1C. The van der Waals surface area contributed by atoms with Crippen molar-refractivity contribution >= 4 is 23.9 Å². The van der Waals surface area contributed by atoms with Crippen LogP contribution in [-0.4, -0.2) is 60.5 Å². The number of fused-ring (bicyclic) bond motifs is 5. The lowest BCUT2D eigenvalue weighted by molar-refractivity contribution is -0.164. The number of carbonyl (C=O) groups is 4. The predicted octanol–water partition coefficient (Wildman–Crippen LogP) is 9.43. The maximum absolute atomic E-state index is 12.7. The van der Waals surface area contributed by atoms with Crippen molar-refractivity contribution in [1.82, 2.24) is 0 Å². The smallest absolute Gasteiger partial charge is 0.317 e. The van der Waals surface area contributed by atoms with Gasteiger partial charge in [0.1, 0.15) is 11.7 Å². The Balaban J connectivity index is 0.000000759. The second-order valence-corrected chi connectivity index (χ2v) is 17.1. The summed E-state index contributed by atoms with van der Waals surface area (Å²) in [5.41, 5.74) is -0.340. The normalized spacial score (nSPS) is 43.3. The van der Waals surface area contributed by atoms with E-state index in [-0.39, 0.29) is 110 Å². The van der Waals surface area contributed by atoms with Gasteiger partial charge in [-0.05, 0) is 100 Å². The maximum atomic E-state index is 12.7. The molecule has 9 heteroatoms. The van der Waals surface area contributed by atoms with Gasteiger partial charge in [0.05, 0.1) is 42.5 Å². The minimum absolute atomic E-state index is 0. The average molecular weight is 741 g/mol. The second-order valence-electron chi connectivity index (χ2n) is 17.1. The Bertz CT molecular complexity index is 1190. The lowest BCUT2D eigenvalue weighted by Crippen LogP contribution is -2.42. The van der Waals surface area contributed by atoms with E-state index in [1.165, 1.54) is 12.8 Å². The zero-order valence-electron chi connectivity index (χ0n) is 29.2. The van der Waals surface area contributed by atoms with Crippen LogP contribution in [0, 0.1) is 76.9 Å². The van der Waals surface area contributed by atoms with E-state index >= 15 is 0 Å². The highest BCUT2D eigenvalue weighted by atomic mass is 16.6. The third kappa shape index (κ3) is 9.09. The first-order chi connectivity index (χ1) is 21.6.